The summed E-state index contributed by atoms with van der Waals surface area (Å²) in [4.78, 5) is 10.8. The molecule has 0 amide bonds. The first-order chi connectivity index (χ1) is 9.33. The number of hydrogen-bond acceptors (Lipinski definition) is 6. The number of rotatable bonds is 4. The Morgan fingerprint density at radius 1 is 1.42 bits per heavy atom. The van der Waals surface area contributed by atoms with E-state index in [1.165, 1.54) is 0 Å². The van der Waals surface area contributed by atoms with Crippen LogP contribution < -0.4 is 0 Å². The minimum Gasteiger partial charge on any atom is -0.380 e. The second kappa shape index (κ2) is 5.46. The predicted molar refractivity (Wildman–Crippen MR) is 68.2 cm³/mol. The van der Waals surface area contributed by atoms with Crippen molar-refractivity contribution in [2.24, 2.45) is 0 Å². The van der Waals surface area contributed by atoms with Gasteiger partial charge >= 0.3 is 0 Å². The summed E-state index contributed by atoms with van der Waals surface area (Å²) in [7, 11) is 2.05. The van der Waals surface area contributed by atoms with Gasteiger partial charge in [-0.25, -0.2) is 0 Å². The van der Waals surface area contributed by atoms with Gasteiger partial charge in [0.2, 0.25) is 11.7 Å². The molecule has 0 radical (unpaired) electrons. The largest absolute Gasteiger partial charge is 0.380 e. The van der Waals surface area contributed by atoms with Crippen molar-refractivity contribution < 1.29 is 9.26 Å². The molecule has 2 aromatic heterocycles. The normalized spacial score (nSPS) is 19.2. The standard InChI is InChI=1S/C13H16N4O2/c1-17(10-5-7-18-9-10)8-12-15-13(16-19-12)11-4-2-3-6-14-11/h2-4,6,10H,5,7-9H2,1H3/t10-/m0/s1. The SMILES string of the molecule is CN(Cc1nc(-c2ccccn2)no1)[C@H]1CCOC1. The van der Waals surface area contributed by atoms with Crippen molar-refractivity contribution in [3.05, 3.63) is 30.3 Å². The van der Waals surface area contributed by atoms with Gasteiger partial charge in [0, 0.05) is 18.8 Å². The molecule has 0 aromatic carbocycles. The average Bonchev–Trinajstić information content (AvgIpc) is 3.11. The summed E-state index contributed by atoms with van der Waals surface area (Å²) < 4.78 is 10.6. The van der Waals surface area contributed by atoms with Crippen LogP contribution in [0.1, 0.15) is 12.3 Å². The molecular formula is C13H16N4O2. The molecule has 3 heterocycles. The van der Waals surface area contributed by atoms with Crippen molar-refractivity contribution in [2.45, 2.75) is 19.0 Å². The molecule has 1 saturated heterocycles. The first-order valence-electron chi connectivity index (χ1n) is 6.35. The van der Waals surface area contributed by atoms with E-state index in [2.05, 4.69) is 20.0 Å². The van der Waals surface area contributed by atoms with Crippen LogP contribution in [0.3, 0.4) is 0 Å². The molecule has 0 spiro atoms. The van der Waals surface area contributed by atoms with Crippen LogP contribution in [0.5, 0.6) is 0 Å². The van der Waals surface area contributed by atoms with E-state index >= 15 is 0 Å². The molecular weight excluding hydrogens is 244 g/mol. The van der Waals surface area contributed by atoms with Gasteiger partial charge in [-0.3, -0.25) is 9.88 Å². The Bertz CT molecular complexity index is 522. The lowest BCUT2D eigenvalue weighted by atomic mass is 10.2. The molecule has 0 N–H and O–H groups in total. The lowest BCUT2D eigenvalue weighted by Gasteiger charge is -2.20. The van der Waals surface area contributed by atoms with E-state index < -0.39 is 0 Å². The van der Waals surface area contributed by atoms with Gasteiger partial charge in [0.05, 0.1) is 13.2 Å². The molecule has 0 bridgehead atoms. The molecule has 0 unspecified atom stereocenters. The van der Waals surface area contributed by atoms with E-state index in [0.29, 0.717) is 24.3 Å². The highest BCUT2D eigenvalue weighted by Crippen LogP contribution is 2.16. The van der Waals surface area contributed by atoms with Crippen LogP contribution in [0.15, 0.2) is 28.9 Å². The lowest BCUT2D eigenvalue weighted by Crippen LogP contribution is -2.31. The minimum absolute atomic E-state index is 0.435. The predicted octanol–water partition coefficient (Wildman–Crippen LogP) is 1.35. The van der Waals surface area contributed by atoms with Crippen LogP contribution in [0.25, 0.3) is 11.5 Å². The monoisotopic (exact) mass is 260 g/mol. The van der Waals surface area contributed by atoms with Crippen LogP contribution in [-0.4, -0.2) is 46.3 Å². The van der Waals surface area contributed by atoms with Crippen molar-refractivity contribution in [3.8, 4) is 11.5 Å². The second-order valence-corrected chi connectivity index (χ2v) is 4.66. The number of ether oxygens (including phenoxy) is 1. The Morgan fingerprint density at radius 3 is 3.11 bits per heavy atom. The van der Waals surface area contributed by atoms with E-state index in [9.17, 15) is 0 Å². The maximum Gasteiger partial charge on any atom is 0.241 e. The highest BCUT2D eigenvalue weighted by atomic mass is 16.5. The molecule has 1 atom stereocenters. The molecule has 6 heteroatoms. The van der Waals surface area contributed by atoms with E-state index in [0.717, 1.165) is 25.3 Å². The topological polar surface area (TPSA) is 64.3 Å². The van der Waals surface area contributed by atoms with E-state index in [1.54, 1.807) is 6.20 Å². The van der Waals surface area contributed by atoms with Crippen molar-refractivity contribution in [1.82, 2.24) is 20.0 Å². The quantitative estimate of drug-likeness (QED) is 0.827. The van der Waals surface area contributed by atoms with Gasteiger partial charge in [0.15, 0.2) is 0 Å². The number of nitrogens with zero attached hydrogens (tertiary/aromatic N) is 4. The fourth-order valence-electron chi connectivity index (χ4n) is 2.13. The zero-order valence-electron chi connectivity index (χ0n) is 10.8. The maximum atomic E-state index is 5.37. The Hall–Kier alpha value is -1.79. The summed E-state index contributed by atoms with van der Waals surface area (Å²) in [5.74, 6) is 1.14. The summed E-state index contributed by atoms with van der Waals surface area (Å²) in [6, 6.07) is 6.06. The third-order valence-electron chi connectivity index (χ3n) is 3.28. The van der Waals surface area contributed by atoms with Crippen LogP contribution in [-0.2, 0) is 11.3 Å². The highest BCUT2D eigenvalue weighted by molar-refractivity contribution is 5.46. The molecule has 100 valence electrons. The fourth-order valence-corrected chi connectivity index (χ4v) is 2.13. The fraction of sp³-hybridized carbons (Fsp3) is 0.462. The van der Waals surface area contributed by atoms with Gasteiger partial charge in [-0.2, -0.15) is 4.98 Å². The summed E-state index contributed by atoms with van der Waals surface area (Å²) in [6.07, 6.45) is 2.77. The first-order valence-corrected chi connectivity index (χ1v) is 6.35. The summed E-state index contributed by atoms with van der Waals surface area (Å²) in [5.41, 5.74) is 0.726. The summed E-state index contributed by atoms with van der Waals surface area (Å²) in [5, 5.41) is 3.96. The van der Waals surface area contributed by atoms with Gasteiger partial charge in [0.25, 0.3) is 0 Å². The zero-order chi connectivity index (χ0) is 13.1. The third kappa shape index (κ3) is 2.80. The number of likely N-dealkylation sites (N-methyl/N-ethyl adjacent to an activating group) is 1. The number of aromatic nitrogens is 3. The number of pyridine rings is 1. The molecule has 6 nitrogen and oxygen atoms in total. The molecule has 1 fully saturated rings. The first kappa shape index (κ1) is 12.3. The molecule has 0 aliphatic carbocycles. The molecule has 19 heavy (non-hydrogen) atoms. The van der Waals surface area contributed by atoms with Gasteiger partial charge in [0.1, 0.15) is 5.69 Å². The Morgan fingerprint density at radius 2 is 2.37 bits per heavy atom. The smallest absolute Gasteiger partial charge is 0.241 e. The lowest BCUT2D eigenvalue weighted by molar-refractivity contribution is 0.148. The minimum atomic E-state index is 0.435. The third-order valence-corrected chi connectivity index (χ3v) is 3.28. The summed E-state index contributed by atoms with van der Waals surface area (Å²) >= 11 is 0. The van der Waals surface area contributed by atoms with Gasteiger partial charge in [-0.05, 0) is 25.6 Å². The molecule has 3 rings (SSSR count). The second-order valence-electron chi connectivity index (χ2n) is 4.66. The van der Waals surface area contributed by atoms with Gasteiger partial charge < -0.3 is 9.26 Å². The highest BCUT2D eigenvalue weighted by Gasteiger charge is 2.22. The van der Waals surface area contributed by atoms with Crippen molar-refractivity contribution in [1.29, 1.82) is 0 Å². The Kier molecular flexibility index (Phi) is 3.52. The summed E-state index contributed by atoms with van der Waals surface area (Å²) in [6.45, 7) is 2.24. The Labute approximate surface area is 111 Å². The van der Waals surface area contributed by atoms with Crippen molar-refractivity contribution in [3.63, 3.8) is 0 Å². The van der Waals surface area contributed by atoms with E-state index in [4.69, 9.17) is 9.26 Å². The number of hydrogen-bond donors (Lipinski definition) is 0. The van der Waals surface area contributed by atoms with E-state index in [-0.39, 0.29) is 0 Å². The van der Waals surface area contributed by atoms with Gasteiger partial charge in [-0.15, -0.1) is 0 Å². The van der Waals surface area contributed by atoms with Crippen molar-refractivity contribution >= 4 is 0 Å². The van der Waals surface area contributed by atoms with Crippen molar-refractivity contribution in [2.75, 3.05) is 20.3 Å². The molecule has 1 aliphatic heterocycles. The van der Waals surface area contributed by atoms with Crippen LogP contribution in [0.4, 0.5) is 0 Å². The van der Waals surface area contributed by atoms with Crippen LogP contribution in [0, 0.1) is 0 Å². The van der Waals surface area contributed by atoms with Crippen LogP contribution >= 0.6 is 0 Å². The van der Waals surface area contributed by atoms with Gasteiger partial charge in [-0.1, -0.05) is 11.2 Å². The molecule has 1 aliphatic rings. The Balaban J connectivity index is 1.68. The van der Waals surface area contributed by atoms with E-state index in [1.807, 2.05) is 25.2 Å². The maximum absolute atomic E-state index is 5.37. The zero-order valence-corrected chi connectivity index (χ0v) is 10.8. The average molecular weight is 260 g/mol. The van der Waals surface area contributed by atoms with Crippen LogP contribution in [0.2, 0.25) is 0 Å². The molecule has 2 aromatic rings. The molecule has 0 saturated carbocycles.